The molecule has 0 saturated carbocycles. The lowest BCUT2D eigenvalue weighted by molar-refractivity contribution is 0.218. The maximum Gasteiger partial charge on any atom is 0.0471 e. The van der Waals surface area contributed by atoms with E-state index in [1.54, 1.807) is 0 Å². The number of allylic oxidation sites excluding steroid dienone is 3. The van der Waals surface area contributed by atoms with E-state index in [9.17, 15) is 0 Å². The zero-order valence-electron chi connectivity index (χ0n) is 14.7. The fourth-order valence-corrected chi connectivity index (χ4v) is 3.25. The van der Waals surface area contributed by atoms with E-state index in [1.807, 2.05) is 6.08 Å². The SMILES string of the molecule is CCC(CC)(CC)CCC(C)N=C(C)C1C=CC(N)=CC1. The van der Waals surface area contributed by atoms with Gasteiger partial charge < -0.3 is 5.73 Å². The van der Waals surface area contributed by atoms with Gasteiger partial charge in [-0.25, -0.2) is 0 Å². The van der Waals surface area contributed by atoms with Gasteiger partial charge in [-0.15, -0.1) is 0 Å². The largest absolute Gasteiger partial charge is 0.399 e. The number of hydrogen-bond donors (Lipinski definition) is 1. The van der Waals surface area contributed by atoms with Crippen LogP contribution in [0.5, 0.6) is 0 Å². The summed E-state index contributed by atoms with van der Waals surface area (Å²) in [6.07, 6.45) is 13.6. The Morgan fingerprint density at radius 3 is 2.43 bits per heavy atom. The summed E-state index contributed by atoms with van der Waals surface area (Å²) in [5.41, 5.74) is 8.43. The maximum atomic E-state index is 5.77. The van der Waals surface area contributed by atoms with Gasteiger partial charge in [0.2, 0.25) is 0 Å². The van der Waals surface area contributed by atoms with Crippen LogP contribution in [0.25, 0.3) is 0 Å². The van der Waals surface area contributed by atoms with Gasteiger partial charge >= 0.3 is 0 Å². The van der Waals surface area contributed by atoms with Crippen molar-refractivity contribution in [1.29, 1.82) is 0 Å². The van der Waals surface area contributed by atoms with Gasteiger partial charge in [0.25, 0.3) is 0 Å². The van der Waals surface area contributed by atoms with E-state index in [1.165, 1.54) is 37.8 Å². The summed E-state index contributed by atoms with van der Waals surface area (Å²) < 4.78 is 0. The van der Waals surface area contributed by atoms with Crippen molar-refractivity contribution in [2.24, 2.45) is 22.1 Å². The highest BCUT2D eigenvalue weighted by atomic mass is 14.8. The summed E-state index contributed by atoms with van der Waals surface area (Å²) in [5.74, 6) is 0.438. The van der Waals surface area contributed by atoms with E-state index in [-0.39, 0.29) is 0 Å². The molecule has 2 nitrogen and oxygen atoms in total. The normalized spacial score (nSPS) is 21.3. The molecule has 0 heterocycles. The summed E-state index contributed by atoms with van der Waals surface area (Å²) in [5, 5.41) is 0. The number of nitrogens with two attached hydrogens (primary N) is 1. The van der Waals surface area contributed by atoms with Crippen LogP contribution in [0, 0.1) is 11.3 Å². The molecule has 0 radical (unpaired) electrons. The Morgan fingerprint density at radius 2 is 1.95 bits per heavy atom. The van der Waals surface area contributed by atoms with Crippen LogP contribution >= 0.6 is 0 Å². The highest BCUT2D eigenvalue weighted by molar-refractivity contribution is 5.86. The molecule has 0 aromatic heterocycles. The van der Waals surface area contributed by atoms with Crippen LogP contribution in [0.2, 0.25) is 0 Å². The van der Waals surface area contributed by atoms with Gasteiger partial charge in [0.05, 0.1) is 0 Å². The zero-order valence-corrected chi connectivity index (χ0v) is 14.7. The maximum absolute atomic E-state index is 5.77. The number of nitrogens with zero attached hydrogens (tertiary/aromatic N) is 1. The summed E-state index contributed by atoms with van der Waals surface area (Å²) in [6, 6.07) is 0.422. The minimum atomic E-state index is 0.422. The van der Waals surface area contributed by atoms with Gasteiger partial charge in [-0.2, -0.15) is 0 Å². The first-order valence-electron chi connectivity index (χ1n) is 8.64. The molecule has 0 aromatic carbocycles. The molecule has 0 spiro atoms. The van der Waals surface area contributed by atoms with E-state index in [0.717, 1.165) is 12.1 Å². The van der Waals surface area contributed by atoms with Crippen LogP contribution in [-0.2, 0) is 0 Å². The van der Waals surface area contributed by atoms with Crippen LogP contribution in [0.4, 0.5) is 0 Å². The molecule has 21 heavy (non-hydrogen) atoms. The molecule has 2 heteroatoms. The molecular formula is C19H34N2. The quantitative estimate of drug-likeness (QED) is 0.609. The molecule has 2 N–H and O–H groups in total. The summed E-state index contributed by atoms with van der Waals surface area (Å²) in [6.45, 7) is 11.4. The van der Waals surface area contributed by atoms with Crippen LogP contribution in [0.1, 0.15) is 73.1 Å². The highest BCUT2D eigenvalue weighted by Crippen LogP contribution is 2.36. The predicted octanol–water partition coefficient (Wildman–Crippen LogP) is 5.25. The minimum Gasteiger partial charge on any atom is -0.399 e. The van der Waals surface area contributed by atoms with Crippen molar-refractivity contribution in [3.8, 4) is 0 Å². The lowest BCUT2D eigenvalue weighted by Gasteiger charge is -2.31. The molecule has 0 fully saturated rings. The van der Waals surface area contributed by atoms with Crippen molar-refractivity contribution >= 4 is 5.71 Å². The average molecular weight is 290 g/mol. The Labute approximate surface area is 131 Å². The van der Waals surface area contributed by atoms with E-state index in [4.69, 9.17) is 10.7 Å². The Bertz CT molecular complexity index is 392. The number of hydrogen-bond acceptors (Lipinski definition) is 2. The number of aliphatic imine (C=N–C) groups is 1. The Morgan fingerprint density at radius 1 is 1.33 bits per heavy atom. The molecule has 0 aliphatic heterocycles. The van der Waals surface area contributed by atoms with Crippen LogP contribution in [-0.4, -0.2) is 11.8 Å². The molecule has 0 saturated heterocycles. The fraction of sp³-hybridized carbons (Fsp3) is 0.737. The van der Waals surface area contributed by atoms with Crippen LogP contribution < -0.4 is 5.73 Å². The predicted molar refractivity (Wildman–Crippen MR) is 94.6 cm³/mol. The second-order valence-electron chi connectivity index (χ2n) is 6.62. The monoisotopic (exact) mass is 290 g/mol. The third-order valence-electron chi connectivity index (χ3n) is 5.43. The second kappa shape index (κ2) is 8.41. The molecule has 1 rings (SSSR count). The van der Waals surface area contributed by atoms with Gasteiger partial charge in [-0.1, -0.05) is 52.2 Å². The smallest absolute Gasteiger partial charge is 0.0471 e. The standard InChI is InChI=1S/C19H34N2/c1-6-19(7-2,8-3)14-13-15(4)21-16(5)17-9-11-18(20)12-10-17/h9,11-12,15,17H,6-8,10,13-14,20H2,1-5H3. The summed E-state index contributed by atoms with van der Waals surface area (Å²) >= 11 is 0. The van der Waals surface area contributed by atoms with Crippen molar-refractivity contribution in [3.05, 3.63) is 23.9 Å². The van der Waals surface area contributed by atoms with Gasteiger partial charge in [0.15, 0.2) is 0 Å². The highest BCUT2D eigenvalue weighted by Gasteiger charge is 2.24. The topological polar surface area (TPSA) is 38.4 Å². The van der Waals surface area contributed by atoms with Crippen molar-refractivity contribution in [2.45, 2.75) is 79.2 Å². The van der Waals surface area contributed by atoms with Crippen molar-refractivity contribution < 1.29 is 0 Å². The third kappa shape index (κ3) is 5.33. The molecule has 1 aliphatic rings. The second-order valence-corrected chi connectivity index (χ2v) is 6.62. The van der Waals surface area contributed by atoms with Gasteiger partial charge in [-0.3, -0.25) is 4.99 Å². The molecule has 1 aliphatic carbocycles. The Kier molecular flexibility index (Phi) is 7.21. The van der Waals surface area contributed by atoms with E-state index >= 15 is 0 Å². The molecule has 0 aromatic rings. The van der Waals surface area contributed by atoms with E-state index in [0.29, 0.717) is 17.4 Å². The van der Waals surface area contributed by atoms with E-state index < -0.39 is 0 Å². The first kappa shape index (κ1) is 18.0. The first-order chi connectivity index (χ1) is 9.96. The number of rotatable bonds is 8. The molecule has 2 atom stereocenters. The van der Waals surface area contributed by atoms with Crippen LogP contribution in [0.3, 0.4) is 0 Å². The van der Waals surface area contributed by atoms with Crippen molar-refractivity contribution in [3.63, 3.8) is 0 Å². The van der Waals surface area contributed by atoms with Crippen LogP contribution in [0.15, 0.2) is 28.9 Å². The van der Waals surface area contributed by atoms with Gasteiger partial charge in [0.1, 0.15) is 0 Å². The van der Waals surface area contributed by atoms with Crippen molar-refractivity contribution in [1.82, 2.24) is 0 Å². The zero-order chi connectivity index (χ0) is 15.9. The van der Waals surface area contributed by atoms with E-state index in [2.05, 4.69) is 46.8 Å². The van der Waals surface area contributed by atoms with Gasteiger partial charge in [0, 0.05) is 23.4 Å². The lowest BCUT2D eigenvalue weighted by Crippen LogP contribution is -2.20. The minimum absolute atomic E-state index is 0.422. The summed E-state index contributed by atoms with van der Waals surface area (Å²) in [4.78, 5) is 4.93. The first-order valence-corrected chi connectivity index (χ1v) is 8.64. The van der Waals surface area contributed by atoms with Crippen molar-refractivity contribution in [2.75, 3.05) is 0 Å². The lowest BCUT2D eigenvalue weighted by atomic mass is 9.75. The molecule has 2 unspecified atom stereocenters. The van der Waals surface area contributed by atoms with Gasteiger partial charge in [-0.05, 0) is 44.6 Å². The summed E-state index contributed by atoms with van der Waals surface area (Å²) in [7, 11) is 0. The Hall–Kier alpha value is -1.05. The fourth-order valence-electron chi connectivity index (χ4n) is 3.25. The average Bonchev–Trinajstić information content (AvgIpc) is 2.50. The molecule has 0 bridgehead atoms. The molecular weight excluding hydrogens is 256 g/mol. The molecule has 120 valence electrons. The third-order valence-corrected chi connectivity index (χ3v) is 5.43. The molecule has 0 amide bonds. The Balaban J connectivity index is 2.54.